The van der Waals surface area contributed by atoms with Gasteiger partial charge >= 0.3 is 0 Å². The molecule has 1 N–H and O–H groups in total. The predicted molar refractivity (Wildman–Crippen MR) is 122 cm³/mol. The van der Waals surface area contributed by atoms with E-state index >= 15 is 0 Å². The summed E-state index contributed by atoms with van der Waals surface area (Å²) >= 11 is 10.5. The summed E-state index contributed by atoms with van der Waals surface area (Å²) in [5.41, 5.74) is 4.52. The summed E-state index contributed by atoms with van der Waals surface area (Å²) in [5.74, 6) is 1.09. The van der Waals surface area contributed by atoms with E-state index < -0.39 is 4.92 Å². The Hall–Kier alpha value is -2.30. The van der Waals surface area contributed by atoms with Gasteiger partial charge in [0.2, 0.25) is 0 Å². The molecule has 1 aromatic heterocycles. The topological polar surface area (TPSA) is 89.7 Å². The Morgan fingerprint density at radius 2 is 1.79 bits per heavy atom. The highest BCUT2D eigenvalue weighted by Gasteiger charge is 2.09. The number of hydrazone groups is 1. The number of nitrogens with one attached hydrogen (secondary N) is 1. The first-order chi connectivity index (χ1) is 13.9. The maximum Gasteiger partial charge on any atom is 0.287 e. The van der Waals surface area contributed by atoms with E-state index in [0.717, 1.165) is 24.5 Å². The lowest BCUT2D eigenvalue weighted by atomic mass is 10.2. The summed E-state index contributed by atoms with van der Waals surface area (Å²) in [5, 5.41) is 14.7. The molecule has 1 heterocycles. The van der Waals surface area contributed by atoms with Crippen LogP contribution in [0.25, 0.3) is 0 Å². The lowest BCUT2D eigenvalue weighted by molar-refractivity contribution is -0.385. The van der Waals surface area contributed by atoms with Crippen molar-refractivity contribution in [1.82, 2.24) is 4.98 Å². The van der Waals surface area contributed by atoms with Crippen LogP contribution in [-0.4, -0.2) is 16.1 Å². The second kappa shape index (κ2) is 9.95. The Morgan fingerprint density at radius 3 is 2.38 bits per heavy atom. The molecule has 3 rings (SSSR count). The molecule has 2 aromatic carbocycles. The Morgan fingerprint density at radius 1 is 1.10 bits per heavy atom. The number of anilines is 1. The van der Waals surface area contributed by atoms with E-state index in [4.69, 9.17) is 4.74 Å². The van der Waals surface area contributed by atoms with Gasteiger partial charge in [-0.25, -0.2) is 4.98 Å². The maximum atomic E-state index is 10.6. The first-order valence-corrected chi connectivity index (χ1v) is 10.6. The van der Waals surface area contributed by atoms with E-state index in [9.17, 15) is 10.1 Å². The summed E-state index contributed by atoms with van der Waals surface area (Å²) in [7, 11) is 0. The van der Waals surface area contributed by atoms with Crippen LogP contribution in [0.5, 0.6) is 5.75 Å². The van der Waals surface area contributed by atoms with Gasteiger partial charge in [-0.15, -0.1) is 0 Å². The zero-order valence-corrected chi connectivity index (χ0v) is 19.4. The molecule has 0 spiro atoms. The van der Waals surface area contributed by atoms with E-state index in [1.165, 1.54) is 18.3 Å². The minimum Gasteiger partial charge on any atom is -0.487 e. The van der Waals surface area contributed by atoms with Crippen LogP contribution < -0.4 is 10.2 Å². The SMILES string of the molecule is O=[N+]([O-])c1ccc(N/N=C/c2cc(Br)c(OCc3ccc(Br)cc3)c(Br)c2)nc1. The van der Waals surface area contributed by atoms with Crippen molar-refractivity contribution in [3.63, 3.8) is 0 Å². The van der Waals surface area contributed by atoms with E-state index in [1.807, 2.05) is 36.4 Å². The van der Waals surface area contributed by atoms with Gasteiger partial charge in [-0.1, -0.05) is 28.1 Å². The predicted octanol–water partition coefficient (Wildman–Crippen LogP) is 6.30. The minimum atomic E-state index is -0.504. The molecule has 148 valence electrons. The molecule has 10 heteroatoms. The Bertz CT molecular complexity index is 1020. The highest BCUT2D eigenvalue weighted by molar-refractivity contribution is 9.11. The average molecular weight is 585 g/mol. The molecular weight excluding hydrogens is 572 g/mol. The molecule has 7 nitrogen and oxygen atoms in total. The number of pyridine rings is 1. The van der Waals surface area contributed by atoms with Crippen LogP contribution in [0.15, 0.2) is 73.2 Å². The number of ether oxygens (including phenoxy) is 1. The van der Waals surface area contributed by atoms with Crippen LogP contribution in [0.3, 0.4) is 0 Å². The second-order valence-electron chi connectivity index (χ2n) is 5.76. The van der Waals surface area contributed by atoms with E-state index in [2.05, 4.69) is 63.3 Å². The van der Waals surface area contributed by atoms with Crippen molar-refractivity contribution >= 4 is 65.5 Å². The number of rotatable bonds is 7. The highest BCUT2D eigenvalue weighted by Crippen LogP contribution is 2.35. The maximum absolute atomic E-state index is 10.6. The van der Waals surface area contributed by atoms with Crippen molar-refractivity contribution in [3.05, 3.63) is 89.4 Å². The molecule has 0 radical (unpaired) electrons. The first-order valence-electron chi connectivity index (χ1n) is 8.18. The van der Waals surface area contributed by atoms with Gasteiger partial charge in [-0.05, 0) is 73.3 Å². The minimum absolute atomic E-state index is 0.0777. The standard InChI is InChI=1S/C19H13Br3N4O3/c20-14-3-1-12(2-4-14)11-29-19-16(21)7-13(8-17(19)22)9-24-25-18-6-5-15(10-23-18)26(27)28/h1-10H,11H2,(H,23,25)/b24-9+. The quantitative estimate of drug-likeness (QED) is 0.200. The zero-order chi connectivity index (χ0) is 20.8. The molecule has 0 aliphatic carbocycles. The second-order valence-corrected chi connectivity index (χ2v) is 8.38. The normalized spacial score (nSPS) is 10.9. The summed E-state index contributed by atoms with van der Waals surface area (Å²) in [6.45, 7) is 0.436. The van der Waals surface area contributed by atoms with Gasteiger partial charge in [0.05, 0.1) is 20.1 Å². The van der Waals surface area contributed by atoms with Crippen LogP contribution in [-0.2, 0) is 6.61 Å². The van der Waals surface area contributed by atoms with Gasteiger partial charge < -0.3 is 4.74 Å². The summed E-state index contributed by atoms with van der Waals surface area (Å²) in [4.78, 5) is 14.1. The zero-order valence-electron chi connectivity index (χ0n) is 14.7. The van der Waals surface area contributed by atoms with Crippen molar-refractivity contribution in [2.24, 2.45) is 5.10 Å². The van der Waals surface area contributed by atoms with Crippen LogP contribution >= 0.6 is 47.8 Å². The van der Waals surface area contributed by atoms with Crippen LogP contribution in [0, 0.1) is 10.1 Å². The molecule has 0 aliphatic rings. The monoisotopic (exact) mass is 582 g/mol. The van der Waals surface area contributed by atoms with E-state index in [1.54, 1.807) is 6.21 Å². The Labute approximate surface area is 191 Å². The fraction of sp³-hybridized carbons (Fsp3) is 0.0526. The fourth-order valence-electron chi connectivity index (χ4n) is 2.26. The number of nitro groups is 1. The van der Waals surface area contributed by atoms with Crippen molar-refractivity contribution in [1.29, 1.82) is 0 Å². The third-order valence-corrected chi connectivity index (χ3v) is 5.38. The molecule has 0 unspecified atom stereocenters. The number of aromatic nitrogens is 1. The van der Waals surface area contributed by atoms with Crippen LogP contribution in [0.4, 0.5) is 11.5 Å². The van der Waals surface area contributed by atoms with Gasteiger partial charge in [-0.2, -0.15) is 5.10 Å². The number of hydrogen-bond donors (Lipinski definition) is 1. The van der Waals surface area contributed by atoms with Gasteiger partial charge in [-0.3, -0.25) is 15.5 Å². The van der Waals surface area contributed by atoms with Crippen LogP contribution in [0.1, 0.15) is 11.1 Å². The summed E-state index contributed by atoms with van der Waals surface area (Å²) < 4.78 is 8.49. The van der Waals surface area contributed by atoms with Crippen LogP contribution in [0.2, 0.25) is 0 Å². The molecule has 0 atom stereocenters. The van der Waals surface area contributed by atoms with Gasteiger partial charge in [0.25, 0.3) is 5.69 Å². The van der Waals surface area contributed by atoms with Crippen molar-refractivity contribution in [2.45, 2.75) is 6.61 Å². The van der Waals surface area contributed by atoms with E-state index in [0.29, 0.717) is 18.2 Å². The first kappa shape index (κ1) is 21.4. The van der Waals surface area contributed by atoms with Gasteiger partial charge in [0, 0.05) is 10.5 Å². The molecule has 0 saturated carbocycles. The summed E-state index contributed by atoms with van der Waals surface area (Å²) in [6.07, 6.45) is 2.78. The van der Waals surface area contributed by atoms with E-state index in [-0.39, 0.29) is 5.69 Å². The molecule has 0 bridgehead atoms. The number of benzene rings is 2. The van der Waals surface area contributed by atoms with Gasteiger partial charge in [0.1, 0.15) is 24.4 Å². The van der Waals surface area contributed by atoms with Crippen molar-refractivity contribution < 1.29 is 9.66 Å². The molecule has 3 aromatic rings. The Kier molecular flexibility index (Phi) is 7.34. The van der Waals surface area contributed by atoms with Crippen molar-refractivity contribution in [2.75, 3.05) is 5.43 Å². The molecule has 0 amide bonds. The third kappa shape index (κ3) is 6.09. The number of hydrogen-bond acceptors (Lipinski definition) is 6. The lowest BCUT2D eigenvalue weighted by Crippen LogP contribution is -1.98. The van der Waals surface area contributed by atoms with Crippen molar-refractivity contribution in [3.8, 4) is 5.75 Å². The fourth-order valence-corrected chi connectivity index (χ4v) is 3.98. The lowest BCUT2D eigenvalue weighted by Gasteiger charge is -2.11. The number of nitrogens with zero attached hydrogens (tertiary/aromatic N) is 3. The van der Waals surface area contributed by atoms with Gasteiger partial charge in [0.15, 0.2) is 0 Å². The molecular formula is C19H13Br3N4O3. The summed E-state index contributed by atoms with van der Waals surface area (Å²) in [6, 6.07) is 14.5. The molecule has 29 heavy (non-hydrogen) atoms. The number of halogens is 3. The average Bonchev–Trinajstić information content (AvgIpc) is 2.69. The highest BCUT2D eigenvalue weighted by atomic mass is 79.9. The largest absolute Gasteiger partial charge is 0.487 e. The molecule has 0 saturated heterocycles. The molecule has 0 fully saturated rings. The molecule has 0 aliphatic heterocycles. The Balaban J connectivity index is 1.64. The smallest absolute Gasteiger partial charge is 0.287 e. The third-order valence-electron chi connectivity index (χ3n) is 3.67.